The minimum atomic E-state index is -0.317. The second-order valence-electron chi connectivity index (χ2n) is 5.49. The van der Waals surface area contributed by atoms with Crippen LogP contribution >= 0.6 is 11.6 Å². The number of nitrogens with zero attached hydrogens (tertiary/aromatic N) is 1. The second-order valence-corrected chi connectivity index (χ2v) is 5.90. The molecule has 0 aliphatic carbocycles. The highest BCUT2D eigenvalue weighted by molar-refractivity contribution is 6.35. The Morgan fingerprint density at radius 3 is 2.76 bits per heavy atom. The lowest BCUT2D eigenvalue weighted by Crippen LogP contribution is -2.38. The predicted molar refractivity (Wildman–Crippen MR) is 84.5 cm³/mol. The lowest BCUT2D eigenvalue weighted by Gasteiger charge is -2.18. The maximum atomic E-state index is 12.2. The molecule has 1 heterocycles. The first-order valence-corrected chi connectivity index (χ1v) is 7.36. The van der Waals surface area contributed by atoms with Crippen LogP contribution in [-0.2, 0) is 0 Å². The summed E-state index contributed by atoms with van der Waals surface area (Å²) in [5.74, 6) is 0.0675. The third-order valence-corrected chi connectivity index (χ3v) is 3.52. The summed E-state index contributed by atoms with van der Waals surface area (Å²) >= 11 is 6.19. The van der Waals surface area contributed by atoms with Crippen LogP contribution in [0, 0.1) is 5.92 Å². The SMILES string of the molecule is CC(C)C[C@@H](CO)NC(=O)c1cc(Cl)c2ccccc2n1. The minimum absolute atomic E-state index is 0.0920. The maximum absolute atomic E-state index is 12.2. The van der Waals surface area contributed by atoms with Gasteiger partial charge >= 0.3 is 0 Å². The Balaban J connectivity index is 2.23. The first kappa shape index (κ1) is 15.7. The fraction of sp³-hybridized carbons (Fsp3) is 0.375. The molecular formula is C16H19ClN2O2. The molecule has 0 aliphatic rings. The van der Waals surface area contributed by atoms with Gasteiger partial charge in [0.15, 0.2) is 0 Å². The average Bonchev–Trinajstić information content (AvgIpc) is 2.46. The Bertz CT molecular complexity index is 643. The fourth-order valence-electron chi connectivity index (χ4n) is 2.26. The molecule has 4 nitrogen and oxygen atoms in total. The van der Waals surface area contributed by atoms with Crippen LogP contribution in [0.5, 0.6) is 0 Å². The van der Waals surface area contributed by atoms with E-state index in [1.807, 2.05) is 38.1 Å². The number of para-hydroxylation sites is 1. The second kappa shape index (κ2) is 6.87. The van der Waals surface area contributed by atoms with Crippen molar-refractivity contribution in [1.29, 1.82) is 0 Å². The molecule has 0 spiro atoms. The van der Waals surface area contributed by atoms with Crippen LogP contribution in [0.25, 0.3) is 10.9 Å². The molecule has 0 bridgehead atoms. The number of benzene rings is 1. The van der Waals surface area contributed by atoms with Gasteiger partial charge in [-0.2, -0.15) is 0 Å². The monoisotopic (exact) mass is 306 g/mol. The highest BCUT2D eigenvalue weighted by Gasteiger charge is 2.16. The van der Waals surface area contributed by atoms with Crippen molar-refractivity contribution in [3.05, 3.63) is 41.0 Å². The molecule has 0 saturated carbocycles. The lowest BCUT2D eigenvalue weighted by atomic mass is 10.0. The van der Waals surface area contributed by atoms with Gasteiger partial charge in [0.05, 0.1) is 23.2 Å². The van der Waals surface area contributed by atoms with E-state index in [-0.39, 0.29) is 24.2 Å². The molecule has 1 atom stereocenters. The van der Waals surface area contributed by atoms with Gasteiger partial charge in [-0.3, -0.25) is 4.79 Å². The Labute approximate surface area is 129 Å². The van der Waals surface area contributed by atoms with Gasteiger partial charge in [0.2, 0.25) is 0 Å². The number of aliphatic hydroxyl groups is 1. The molecule has 1 aromatic carbocycles. The standard InChI is InChI=1S/C16H19ClN2O2/c1-10(2)7-11(9-20)18-16(21)15-8-13(17)12-5-3-4-6-14(12)19-15/h3-6,8,10-11,20H,7,9H2,1-2H3,(H,18,21)/t11-/m0/s1. The van der Waals surface area contributed by atoms with Gasteiger partial charge < -0.3 is 10.4 Å². The fourth-order valence-corrected chi connectivity index (χ4v) is 2.52. The van der Waals surface area contributed by atoms with Crippen LogP contribution < -0.4 is 5.32 Å². The van der Waals surface area contributed by atoms with Crippen molar-refractivity contribution in [3.8, 4) is 0 Å². The van der Waals surface area contributed by atoms with Gasteiger partial charge in [-0.05, 0) is 24.5 Å². The molecule has 1 aromatic heterocycles. The van der Waals surface area contributed by atoms with Gasteiger partial charge in [-0.1, -0.05) is 43.6 Å². The molecular weight excluding hydrogens is 288 g/mol. The van der Waals surface area contributed by atoms with Crippen molar-refractivity contribution >= 4 is 28.4 Å². The summed E-state index contributed by atoms with van der Waals surface area (Å²) in [5.41, 5.74) is 0.945. The van der Waals surface area contributed by atoms with Gasteiger partial charge in [-0.25, -0.2) is 4.98 Å². The molecule has 2 rings (SSSR count). The number of aromatic nitrogens is 1. The van der Waals surface area contributed by atoms with Crippen LogP contribution in [0.1, 0.15) is 30.8 Å². The molecule has 0 aliphatic heterocycles. The largest absolute Gasteiger partial charge is 0.394 e. The number of carbonyl (C=O) groups excluding carboxylic acids is 1. The number of pyridine rings is 1. The Kier molecular flexibility index (Phi) is 5.15. The van der Waals surface area contributed by atoms with E-state index in [2.05, 4.69) is 10.3 Å². The lowest BCUT2D eigenvalue weighted by molar-refractivity contribution is 0.0903. The van der Waals surface area contributed by atoms with Crippen molar-refractivity contribution in [2.24, 2.45) is 5.92 Å². The molecule has 112 valence electrons. The Morgan fingerprint density at radius 1 is 1.38 bits per heavy atom. The normalized spacial score (nSPS) is 12.6. The summed E-state index contributed by atoms with van der Waals surface area (Å²) in [4.78, 5) is 16.6. The van der Waals surface area contributed by atoms with Crippen molar-refractivity contribution in [3.63, 3.8) is 0 Å². The highest BCUT2D eigenvalue weighted by atomic mass is 35.5. The Morgan fingerprint density at radius 2 is 2.10 bits per heavy atom. The highest BCUT2D eigenvalue weighted by Crippen LogP contribution is 2.22. The van der Waals surface area contributed by atoms with E-state index in [9.17, 15) is 9.90 Å². The van der Waals surface area contributed by atoms with Gasteiger partial charge in [-0.15, -0.1) is 0 Å². The zero-order chi connectivity index (χ0) is 15.4. The third kappa shape index (κ3) is 3.93. The van der Waals surface area contributed by atoms with E-state index in [1.54, 1.807) is 6.07 Å². The number of amides is 1. The van der Waals surface area contributed by atoms with Crippen LogP contribution in [0.2, 0.25) is 5.02 Å². The quantitative estimate of drug-likeness (QED) is 0.892. The van der Waals surface area contributed by atoms with Gasteiger partial charge in [0.1, 0.15) is 5.69 Å². The number of halogens is 1. The summed E-state index contributed by atoms with van der Waals surface area (Å²) in [5, 5.41) is 13.4. The molecule has 2 N–H and O–H groups in total. The van der Waals surface area contributed by atoms with Crippen molar-refractivity contribution in [2.75, 3.05) is 6.61 Å². The molecule has 2 aromatic rings. The summed E-state index contributed by atoms with van der Waals surface area (Å²) in [6.45, 7) is 3.99. The molecule has 0 unspecified atom stereocenters. The number of hydrogen-bond acceptors (Lipinski definition) is 3. The molecule has 21 heavy (non-hydrogen) atoms. The zero-order valence-corrected chi connectivity index (χ0v) is 12.9. The number of fused-ring (bicyclic) bond motifs is 1. The predicted octanol–water partition coefficient (Wildman–Crippen LogP) is 3.03. The first-order chi connectivity index (χ1) is 10.0. The third-order valence-electron chi connectivity index (χ3n) is 3.21. The first-order valence-electron chi connectivity index (χ1n) is 6.98. The zero-order valence-electron chi connectivity index (χ0n) is 12.1. The van der Waals surface area contributed by atoms with E-state index < -0.39 is 0 Å². The number of aliphatic hydroxyl groups excluding tert-OH is 1. The van der Waals surface area contributed by atoms with Crippen molar-refractivity contribution in [1.82, 2.24) is 10.3 Å². The molecule has 0 radical (unpaired) electrons. The summed E-state index contributed by atoms with van der Waals surface area (Å²) in [6, 6.07) is 8.69. The minimum Gasteiger partial charge on any atom is -0.394 e. The van der Waals surface area contributed by atoms with E-state index in [0.29, 0.717) is 22.9 Å². The van der Waals surface area contributed by atoms with E-state index in [4.69, 9.17) is 11.6 Å². The van der Waals surface area contributed by atoms with Gasteiger partial charge in [0.25, 0.3) is 5.91 Å². The maximum Gasteiger partial charge on any atom is 0.270 e. The van der Waals surface area contributed by atoms with Crippen LogP contribution in [0.4, 0.5) is 0 Å². The van der Waals surface area contributed by atoms with Crippen molar-refractivity contribution in [2.45, 2.75) is 26.3 Å². The average molecular weight is 307 g/mol. The topological polar surface area (TPSA) is 62.2 Å². The summed E-state index contributed by atoms with van der Waals surface area (Å²) < 4.78 is 0. The number of rotatable bonds is 5. The molecule has 0 saturated heterocycles. The summed E-state index contributed by atoms with van der Waals surface area (Å²) in [6.07, 6.45) is 0.712. The number of nitrogens with one attached hydrogen (secondary N) is 1. The number of carbonyl (C=O) groups is 1. The Hall–Kier alpha value is -1.65. The van der Waals surface area contributed by atoms with Gasteiger partial charge in [0, 0.05) is 5.39 Å². The van der Waals surface area contributed by atoms with E-state index in [0.717, 1.165) is 5.39 Å². The smallest absolute Gasteiger partial charge is 0.270 e. The summed E-state index contributed by atoms with van der Waals surface area (Å²) in [7, 11) is 0. The molecule has 1 amide bonds. The van der Waals surface area contributed by atoms with Crippen molar-refractivity contribution < 1.29 is 9.90 Å². The van der Waals surface area contributed by atoms with Crippen LogP contribution in [0.3, 0.4) is 0 Å². The van der Waals surface area contributed by atoms with E-state index in [1.165, 1.54) is 0 Å². The van der Waals surface area contributed by atoms with Crippen LogP contribution in [-0.4, -0.2) is 28.6 Å². The molecule has 5 heteroatoms. The van der Waals surface area contributed by atoms with Crippen LogP contribution in [0.15, 0.2) is 30.3 Å². The number of hydrogen-bond donors (Lipinski definition) is 2. The van der Waals surface area contributed by atoms with E-state index >= 15 is 0 Å². The molecule has 0 fully saturated rings.